The van der Waals surface area contributed by atoms with Crippen LogP contribution >= 0.6 is 11.6 Å². The molecule has 0 radical (unpaired) electrons. The Morgan fingerprint density at radius 2 is 1.84 bits per heavy atom. The number of aliphatic carboxylic acids is 1. The van der Waals surface area contributed by atoms with Crippen LogP contribution in [0.15, 0.2) is 6.07 Å². The number of ether oxygens (including phenoxy) is 2. The highest BCUT2D eigenvalue weighted by molar-refractivity contribution is 6.33. The predicted molar refractivity (Wildman–Crippen MR) is 74.6 cm³/mol. The highest BCUT2D eigenvalue weighted by atomic mass is 35.5. The van der Waals surface area contributed by atoms with Gasteiger partial charge in [-0.25, -0.2) is 0 Å². The molecule has 1 aromatic carbocycles. The minimum absolute atomic E-state index is 0.00847. The highest BCUT2D eigenvalue weighted by Crippen LogP contribution is 2.45. The van der Waals surface area contributed by atoms with Crippen molar-refractivity contribution in [3.8, 4) is 11.5 Å². The van der Waals surface area contributed by atoms with Crippen LogP contribution in [0.5, 0.6) is 11.5 Å². The fourth-order valence-electron chi connectivity index (χ4n) is 2.17. The molecule has 1 aromatic rings. The molecule has 0 bridgehead atoms. The summed E-state index contributed by atoms with van der Waals surface area (Å²) >= 11 is 6.26. The van der Waals surface area contributed by atoms with Gasteiger partial charge in [0.1, 0.15) is 16.5 Å². The summed E-state index contributed by atoms with van der Waals surface area (Å²) in [4.78, 5) is 11.0. The minimum Gasteiger partial charge on any atom is -0.495 e. The van der Waals surface area contributed by atoms with Gasteiger partial charge in [-0.2, -0.15) is 0 Å². The van der Waals surface area contributed by atoms with E-state index in [2.05, 4.69) is 0 Å². The molecule has 4 nitrogen and oxygen atoms in total. The summed E-state index contributed by atoms with van der Waals surface area (Å²) in [6.45, 7) is 5.56. The van der Waals surface area contributed by atoms with E-state index in [1.807, 2.05) is 26.8 Å². The first kappa shape index (κ1) is 15.6. The number of rotatable bonds is 5. The molecule has 0 atom stereocenters. The maximum absolute atomic E-state index is 11.0. The molecule has 0 fully saturated rings. The van der Waals surface area contributed by atoms with E-state index in [1.165, 1.54) is 14.2 Å². The van der Waals surface area contributed by atoms with Crippen LogP contribution in [0.1, 0.15) is 31.4 Å². The fraction of sp³-hybridized carbons (Fsp3) is 0.500. The predicted octanol–water partition coefficient (Wildman–Crippen LogP) is 3.42. The number of halogens is 1. The van der Waals surface area contributed by atoms with Crippen molar-refractivity contribution in [1.82, 2.24) is 0 Å². The zero-order valence-electron chi connectivity index (χ0n) is 11.8. The van der Waals surface area contributed by atoms with Crippen molar-refractivity contribution < 1.29 is 19.4 Å². The Labute approximate surface area is 118 Å². The summed E-state index contributed by atoms with van der Waals surface area (Å²) in [5.41, 5.74) is 1.03. The number of aryl methyl sites for hydroxylation is 1. The Bertz CT molecular complexity index is 495. The topological polar surface area (TPSA) is 55.8 Å². The lowest BCUT2D eigenvalue weighted by molar-refractivity contribution is -0.138. The van der Waals surface area contributed by atoms with E-state index in [4.69, 9.17) is 26.2 Å². The van der Waals surface area contributed by atoms with Crippen LogP contribution in [0.25, 0.3) is 0 Å². The largest absolute Gasteiger partial charge is 0.495 e. The standard InChI is InChI=1S/C14H19ClO4/c1-8-6-9(14(2,3)7-10(16)17)13(19-5)11(15)12(8)18-4/h6H,7H2,1-5H3,(H,16,17). The van der Waals surface area contributed by atoms with Gasteiger partial charge in [0.15, 0.2) is 0 Å². The van der Waals surface area contributed by atoms with E-state index in [0.29, 0.717) is 16.5 Å². The van der Waals surface area contributed by atoms with Crippen molar-refractivity contribution in [3.63, 3.8) is 0 Å². The van der Waals surface area contributed by atoms with Gasteiger partial charge in [0.25, 0.3) is 0 Å². The molecule has 0 saturated heterocycles. The van der Waals surface area contributed by atoms with Crippen LogP contribution in [0.3, 0.4) is 0 Å². The molecule has 0 aliphatic heterocycles. The molecular weight excluding hydrogens is 268 g/mol. The van der Waals surface area contributed by atoms with Gasteiger partial charge in [0.2, 0.25) is 0 Å². The van der Waals surface area contributed by atoms with E-state index in [0.717, 1.165) is 11.1 Å². The average molecular weight is 287 g/mol. The zero-order chi connectivity index (χ0) is 14.8. The Hall–Kier alpha value is -1.42. The summed E-state index contributed by atoms with van der Waals surface area (Å²) < 4.78 is 10.6. The number of carbonyl (C=O) groups is 1. The Balaban J connectivity index is 3.47. The molecule has 0 aliphatic carbocycles. The molecule has 106 valence electrons. The van der Waals surface area contributed by atoms with Gasteiger partial charge in [0, 0.05) is 11.0 Å². The number of carboxylic acid groups (broad SMARTS) is 1. The average Bonchev–Trinajstić information content (AvgIpc) is 2.27. The van der Waals surface area contributed by atoms with Crippen LogP contribution < -0.4 is 9.47 Å². The number of benzene rings is 1. The smallest absolute Gasteiger partial charge is 0.304 e. The second-order valence-corrected chi connectivity index (χ2v) is 5.45. The van der Waals surface area contributed by atoms with Crippen molar-refractivity contribution in [2.75, 3.05) is 14.2 Å². The van der Waals surface area contributed by atoms with E-state index < -0.39 is 11.4 Å². The number of carboxylic acids is 1. The third kappa shape index (κ3) is 3.13. The third-order valence-corrected chi connectivity index (χ3v) is 3.44. The van der Waals surface area contributed by atoms with Gasteiger partial charge in [-0.15, -0.1) is 0 Å². The first-order valence-corrected chi connectivity index (χ1v) is 6.25. The van der Waals surface area contributed by atoms with E-state index in [-0.39, 0.29) is 6.42 Å². The lowest BCUT2D eigenvalue weighted by Gasteiger charge is -2.27. The van der Waals surface area contributed by atoms with Crippen LogP contribution in [0.4, 0.5) is 0 Å². The molecule has 0 unspecified atom stereocenters. The number of hydrogen-bond donors (Lipinski definition) is 1. The van der Waals surface area contributed by atoms with Crippen LogP contribution in [0, 0.1) is 6.92 Å². The molecule has 5 heteroatoms. The van der Waals surface area contributed by atoms with Crippen molar-refractivity contribution in [1.29, 1.82) is 0 Å². The van der Waals surface area contributed by atoms with Crippen LogP contribution in [-0.4, -0.2) is 25.3 Å². The van der Waals surface area contributed by atoms with Gasteiger partial charge in [-0.1, -0.05) is 25.4 Å². The molecule has 0 aliphatic rings. The molecule has 0 aromatic heterocycles. The second-order valence-electron chi connectivity index (χ2n) is 5.08. The quantitative estimate of drug-likeness (QED) is 0.901. The van der Waals surface area contributed by atoms with Gasteiger partial charge in [-0.3, -0.25) is 4.79 Å². The molecule has 19 heavy (non-hydrogen) atoms. The first-order valence-electron chi connectivity index (χ1n) is 5.88. The van der Waals surface area contributed by atoms with Gasteiger partial charge >= 0.3 is 5.97 Å². The Morgan fingerprint density at radius 3 is 2.26 bits per heavy atom. The monoisotopic (exact) mass is 286 g/mol. The normalized spacial score (nSPS) is 11.3. The molecule has 0 heterocycles. The molecule has 1 N–H and O–H groups in total. The van der Waals surface area contributed by atoms with Crippen molar-refractivity contribution in [2.45, 2.75) is 32.6 Å². The SMILES string of the molecule is COc1c(C)cc(C(C)(C)CC(=O)O)c(OC)c1Cl. The van der Waals surface area contributed by atoms with Crippen molar-refractivity contribution >= 4 is 17.6 Å². The van der Waals surface area contributed by atoms with E-state index in [9.17, 15) is 4.79 Å². The molecular formula is C14H19ClO4. The third-order valence-electron chi connectivity index (χ3n) is 3.09. The molecule has 0 saturated carbocycles. The summed E-state index contributed by atoms with van der Waals surface area (Å²) in [5.74, 6) is 0.153. The number of methoxy groups -OCH3 is 2. The molecule has 1 rings (SSSR count). The van der Waals surface area contributed by atoms with Crippen molar-refractivity contribution in [2.24, 2.45) is 0 Å². The summed E-state index contributed by atoms with van der Waals surface area (Å²) in [7, 11) is 3.05. The zero-order valence-corrected chi connectivity index (χ0v) is 12.6. The maximum atomic E-state index is 11.0. The Morgan fingerprint density at radius 1 is 1.32 bits per heavy atom. The molecule has 0 amide bonds. The summed E-state index contributed by atoms with van der Waals surface area (Å²) in [5, 5.41) is 9.39. The number of hydrogen-bond acceptors (Lipinski definition) is 3. The maximum Gasteiger partial charge on any atom is 0.304 e. The fourth-order valence-corrected chi connectivity index (χ4v) is 2.57. The summed E-state index contributed by atoms with van der Waals surface area (Å²) in [6.07, 6.45) is -0.00847. The lowest BCUT2D eigenvalue weighted by Crippen LogP contribution is -2.23. The van der Waals surface area contributed by atoms with Crippen LogP contribution in [-0.2, 0) is 10.2 Å². The van der Waals surface area contributed by atoms with Gasteiger partial charge < -0.3 is 14.6 Å². The Kier molecular flexibility index (Phi) is 4.69. The minimum atomic E-state index is -0.864. The van der Waals surface area contributed by atoms with Gasteiger partial charge in [0.05, 0.1) is 20.6 Å². The highest BCUT2D eigenvalue weighted by Gasteiger charge is 2.30. The molecule has 0 spiro atoms. The summed E-state index contributed by atoms with van der Waals surface area (Å²) in [6, 6.07) is 1.87. The van der Waals surface area contributed by atoms with E-state index in [1.54, 1.807) is 0 Å². The second kappa shape index (κ2) is 5.70. The first-order chi connectivity index (χ1) is 8.74. The van der Waals surface area contributed by atoms with E-state index >= 15 is 0 Å². The lowest BCUT2D eigenvalue weighted by atomic mass is 9.80. The van der Waals surface area contributed by atoms with Crippen molar-refractivity contribution in [3.05, 3.63) is 22.2 Å². The van der Waals surface area contributed by atoms with Gasteiger partial charge in [-0.05, 0) is 18.6 Å². The van der Waals surface area contributed by atoms with Crippen LogP contribution in [0.2, 0.25) is 5.02 Å².